The summed E-state index contributed by atoms with van der Waals surface area (Å²) in [4.78, 5) is 0. The molecule has 2 N–H and O–H groups in total. The molecule has 0 aliphatic rings. The van der Waals surface area contributed by atoms with E-state index in [1.807, 2.05) is 30.3 Å². The molecular formula is C7H9ClO4S. The van der Waals surface area contributed by atoms with E-state index in [2.05, 4.69) is 0 Å². The van der Waals surface area contributed by atoms with Gasteiger partial charge in [-0.25, -0.2) is 0 Å². The second-order valence-corrected chi connectivity index (χ2v) is 3.23. The van der Waals surface area contributed by atoms with Crippen LogP contribution >= 0.6 is 11.6 Å². The van der Waals surface area contributed by atoms with Gasteiger partial charge in [0, 0.05) is 5.88 Å². The Hall–Kier alpha value is -0.620. The summed E-state index contributed by atoms with van der Waals surface area (Å²) in [6, 6.07) is 9.96. The summed E-state index contributed by atoms with van der Waals surface area (Å²) in [6.07, 6.45) is 0. The minimum absolute atomic E-state index is 0.612. The fourth-order valence-corrected chi connectivity index (χ4v) is 0.745. The first-order valence-electron chi connectivity index (χ1n) is 3.23. The molecule has 0 radical (unpaired) electrons. The van der Waals surface area contributed by atoms with Crippen LogP contribution in [0.15, 0.2) is 30.3 Å². The lowest BCUT2D eigenvalue weighted by molar-refractivity contribution is 0.381. The second kappa shape index (κ2) is 5.93. The average Bonchev–Trinajstić information content (AvgIpc) is 2.03. The van der Waals surface area contributed by atoms with Gasteiger partial charge in [0.15, 0.2) is 0 Å². The molecule has 0 aliphatic heterocycles. The van der Waals surface area contributed by atoms with Crippen molar-refractivity contribution in [1.82, 2.24) is 0 Å². The third kappa shape index (κ3) is 11.4. The lowest BCUT2D eigenvalue weighted by atomic mass is 10.2. The Balaban J connectivity index is 0.000000252. The topological polar surface area (TPSA) is 74.6 Å². The standard InChI is InChI=1S/C7H7Cl.H2O4S/c8-6-7-4-2-1-3-5-7;1-5(2,3)4/h1-5H,6H2;(H2,1,2,3,4). The molecule has 13 heavy (non-hydrogen) atoms. The minimum Gasteiger partial charge on any atom is -0.264 e. The van der Waals surface area contributed by atoms with Gasteiger partial charge in [0.2, 0.25) is 0 Å². The maximum atomic E-state index is 8.74. The van der Waals surface area contributed by atoms with Crippen LogP contribution in [0.1, 0.15) is 5.56 Å². The quantitative estimate of drug-likeness (QED) is 0.563. The van der Waals surface area contributed by atoms with Gasteiger partial charge in [-0.05, 0) is 5.56 Å². The Bertz CT molecular complexity index is 314. The molecule has 1 aromatic carbocycles. The van der Waals surface area contributed by atoms with E-state index in [9.17, 15) is 0 Å². The third-order valence-electron chi connectivity index (χ3n) is 0.997. The molecule has 0 aromatic heterocycles. The van der Waals surface area contributed by atoms with Crippen molar-refractivity contribution in [2.45, 2.75) is 5.88 Å². The lowest BCUT2D eigenvalue weighted by Crippen LogP contribution is -1.89. The van der Waals surface area contributed by atoms with E-state index in [-0.39, 0.29) is 0 Å². The minimum atomic E-state index is -4.67. The molecule has 1 aromatic rings. The Labute approximate surface area is 81.7 Å². The molecule has 6 heteroatoms. The number of hydrogen-bond acceptors (Lipinski definition) is 2. The highest BCUT2D eigenvalue weighted by Crippen LogP contribution is 2.00. The van der Waals surface area contributed by atoms with Crippen LogP contribution in [-0.4, -0.2) is 17.5 Å². The number of rotatable bonds is 1. The maximum Gasteiger partial charge on any atom is 0.394 e. The van der Waals surface area contributed by atoms with Crippen LogP contribution in [0.25, 0.3) is 0 Å². The predicted molar refractivity (Wildman–Crippen MR) is 50.2 cm³/mol. The van der Waals surface area contributed by atoms with E-state index in [0.29, 0.717) is 5.88 Å². The van der Waals surface area contributed by atoms with Crippen molar-refractivity contribution in [1.29, 1.82) is 0 Å². The highest BCUT2D eigenvalue weighted by atomic mass is 35.5. The number of halogens is 1. The van der Waals surface area contributed by atoms with E-state index < -0.39 is 10.4 Å². The van der Waals surface area contributed by atoms with Crippen molar-refractivity contribution in [2.75, 3.05) is 0 Å². The zero-order chi connectivity index (χ0) is 10.3. The van der Waals surface area contributed by atoms with Gasteiger partial charge in [-0.3, -0.25) is 9.11 Å². The van der Waals surface area contributed by atoms with E-state index in [0.717, 1.165) is 0 Å². The molecule has 0 fully saturated rings. The Morgan fingerprint density at radius 2 is 1.54 bits per heavy atom. The first-order chi connectivity index (χ1) is 5.93. The molecule has 0 saturated heterocycles. The summed E-state index contributed by atoms with van der Waals surface area (Å²) in [5.41, 5.74) is 1.18. The fraction of sp³-hybridized carbons (Fsp3) is 0.143. The van der Waals surface area contributed by atoms with Crippen molar-refractivity contribution < 1.29 is 17.5 Å². The normalized spacial score (nSPS) is 10.1. The molecule has 0 amide bonds. The molecule has 74 valence electrons. The van der Waals surface area contributed by atoms with Crippen molar-refractivity contribution in [3.63, 3.8) is 0 Å². The van der Waals surface area contributed by atoms with Gasteiger partial charge in [-0.15, -0.1) is 11.6 Å². The molecule has 0 saturated carbocycles. The maximum absolute atomic E-state index is 8.74. The smallest absolute Gasteiger partial charge is 0.264 e. The molecule has 0 heterocycles. The third-order valence-corrected chi connectivity index (χ3v) is 1.31. The van der Waals surface area contributed by atoms with Gasteiger partial charge in [-0.2, -0.15) is 8.42 Å². The summed E-state index contributed by atoms with van der Waals surface area (Å²) in [5.74, 6) is 0.612. The van der Waals surface area contributed by atoms with Gasteiger partial charge < -0.3 is 0 Å². The van der Waals surface area contributed by atoms with Crippen molar-refractivity contribution in [3.05, 3.63) is 35.9 Å². The molecule has 0 aliphatic carbocycles. The lowest BCUT2D eigenvalue weighted by Gasteiger charge is -1.88. The molecule has 4 nitrogen and oxygen atoms in total. The van der Waals surface area contributed by atoms with Crippen LogP contribution in [0.5, 0.6) is 0 Å². The van der Waals surface area contributed by atoms with Crippen molar-refractivity contribution in [2.24, 2.45) is 0 Å². The van der Waals surface area contributed by atoms with Crippen LogP contribution in [-0.2, 0) is 16.3 Å². The van der Waals surface area contributed by atoms with Crippen LogP contribution < -0.4 is 0 Å². The number of hydrogen-bond donors (Lipinski definition) is 2. The summed E-state index contributed by atoms with van der Waals surface area (Å²) >= 11 is 5.53. The van der Waals surface area contributed by atoms with Gasteiger partial charge in [0.1, 0.15) is 0 Å². The van der Waals surface area contributed by atoms with Crippen LogP contribution in [0.2, 0.25) is 0 Å². The Morgan fingerprint density at radius 1 is 1.15 bits per heavy atom. The van der Waals surface area contributed by atoms with Gasteiger partial charge in [0.25, 0.3) is 0 Å². The molecule has 0 atom stereocenters. The largest absolute Gasteiger partial charge is 0.394 e. The van der Waals surface area contributed by atoms with Crippen molar-refractivity contribution >= 4 is 22.0 Å². The monoisotopic (exact) mass is 224 g/mol. The summed E-state index contributed by atoms with van der Waals surface area (Å²) in [5, 5.41) is 0. The fourth-order valence-electron chi connectivity index (χ4n) is 0.567. The first-order valence-corrected chi connectivity index (χ1v) is 5.16. The average molecular weight is 225 g/mol. The first kappa shape index (κ1) is 12.4. The zero-order valence-corrected chi connectivity index (χ0v) is 8.16. The van der Waals surface area contributed by atoms with Crippen molar-refractivity contribution in [3.8, 4) is 0 Å². The van der Waals surface area contributed by atoms with Gasteiger partial charge in [-0.1, -0.05) is 30.3 Å². The molecule has 0 bridgehead atoms. The molecular weight excluding hydrogens is 216 g/mol. The summed E-state index contributed by atoms with van der Waals surface area (Å²) < 4.78 is 31.6. The van der Waals surface area contributed by atoms with Crippen LogP contribution in [0.3, 0.4) is 0 Å². The second-order valence-electron chi connectivity index (χ2n) is 2.07. The van der Waals surface area contributed by atoms with E-state index in [1.165, 1.54) is 5.56 Å². The highest BCUT2D eigenvalue weighted by molar-refractivity contribution is 7.79. The summed E-state index contributed by atoms with van der Waals surface area (Å²) in [7, 11) is -4.67. The predicted octanol–water partition coefficient (Wildman–Crippen LogP) is 1.77. The van der Waals surface area contributed by atoms with E-state index >= 15 is 0 Å². The van der Waals surface area contributed by atoms with Crippen LogP contribution in [0, 0.1) is 0 Å². The number of benzene rings is 1. The SMILES string of the molecule is ClCc1ccccc1.O=S(=O)(O)O. The zero-order valence-electron chi connectivity index (χ0n) is 6.59. The Morgan fingerprint density at radius 3 is 1.77 bits per heavy atom. The van der Waals surface area contributed by atoms with E-state index in [1.54, 1.807) is 0 Å². The molecule has 0 unspecified atom stereocenters. The van der Waals surface area contributed by atoms with Gasteiger partial charge >= 0.3 is 10.4 Å². The van der Waals surface area contributed by atoms with Gasteiger partial charge in [0.05, 0.1) is 0 Å². The highest BCUT2D eigenvalue weighted by Gasteiger charge is 1.84. The number of alkyl halides is 1. The molecule has 0 spiro atoms. The summed E-state index contributed by atoms with van der Waals surface area (Å²) in [6.45, 7) is 0. The van der Waals surface area contributed by atoms with E-state index in [4.69, 9.17) is 29.1 Å². The Kier molecular flexibility index (Phi) is 5.65. The van der Waals surface area contributed by atoms with Crippen LogP contribution in [0.4, 0.5) is 0 Å². The molecule has 1 rings (SSSR count).